The molecule has 1 aliphatic rings. The van der Waals surface area contributed by atoms with Gasteiger partial charge in [-0.1, -0.05) is 22.0 Å². The lowest BCUT2D eigenvalue weighted by Crippen LogP contribution is -2.47. The molecule has 0 saturated carbocycles. The zero-order chi connectivity index (χ0) is 12.6. The molecule has 1 heterocycles. The molecule has 1 amide bonds. The van der Waals surface area contributed by atoms with Crippen molar-refractivity contribution in [2.75, 3.05) is 0 Å². The molecule has 1 aromatic carbocycles. The molecule has 0 bridgehead atoms. The molecule has 0 fully saturated rings. The Balaban J connectivity index is 2.39. The molecule has 1 aliphatic heterocycles. The van der Waals surface area contributed by atoms with Gasteiger partial charge in [0.1, 0.15) is 6.04 Å². The third-order valence-electron chi connectivity index (χ3n) is 2.99. The van der Waals surface area contributed by atoms with E-state index in [4.69, 9.17) is 5.11 Å². The monoisotopic (exact) mass is 297 g/mol. The zero-order valence-corrected chi connectivity index (χ0v) is 10.9. The van der Waals surface area contributed by atoms with Gasteiger partial charge in [-0.15, -0.1) is 0 Å². The second kappa shape index (κ2) is 4.49. The molecule has 5 heteroatoms. The topological polar surface area (TPSA) is 57.6 Å². The van der Waals surface area contributed by atoms with Crippen LogP contribution in [0.15, 0.2) is 22.7 Å². The van der Waals surface area contributed by atoms with E-state index in [1.54, 1.807) is 0 Å². The Kier molecular flexibility index (Phi) is 3.19. The highest BCUT2D eigenvalue weighted by atomic mass is 79.9. The maximum atomic E-state index is 11.5. The minimum atomic E-state index is -0.950. The van der Waals surface area contributed by atoms with Gasteiger partial charge in [-0.2, -0.15) is 0 Å². The number of rotatable bonds is 1. The number of fused-ring (bicyclic) bond motifs is 1. The average Bonchev–Trinajstić information content (AvgIpc) is 2.26. The molecule has 2 rings (SSSR count). The van der Waals surface area contributed by atoms with Gasteiger partial charge >= 0.3 is 5.97 Å². The van der Waals surface area contributed by atoms with E-state index < -0.39 is 12.0 Å². The molecular weight excluding hydrogens is 286 g/mol. The number of carbonyl (C=O) groups excluding carboxylic acids is 1. The highest BCUT2D eigenvalue weighted by Gasteiger charge is 2.32. The lowest BCUT2D eigenvalue weighted by molar-refractivity contribution is -0.150. The molecule has 1 atom stereocenters. The molecule has 90 valence electrons. The standard InChI is InChI=1S/C12H12BrNO3/c1-7(15)14-6-9-4-10(13)3-2-8(9)5-11(14)12(16)17/h2-4,11H,5-6H2,1H3,(H,16,17). The number of carboxylic acids is 1. The Hall–Kier alpha value is -1.36. The number of hydrogen-bond acceptors (Lipinski definition) is 2. The van der Waals surface area contributed by atoms with Crippen LogP contribution in [0, 0.1) is 0 Å². The lowest BCUT2D eigenvalue weighted by atomic mass is 9.94. The predicted molar refractivity (Wildman–Crippen MR) is 65.5 cm³/mol. The van der Waals surface area contributed by atoms with Gasteiger partial charge in [0.15, 0.2) is 0 Å². The van der Waals surface area contributed by atoms with E-state index in [2.05, 4.69) is 15.9 Å². The molecule has 0 radical (unpaired) electrons. The van der Waals surface area contributed by atoms with Crippen molar-refractivity contribution in [1.29, 1.82) is 0 Å². The van der Waals surface area contributed by atoms with Gasteiger partial charge in [-0.25, -0.2) is 4.79 Å². The van der Waals surface area contributed by atoms with Crippen molar-refractivity contribution in [3.05, 3.63) is 33.8 Å². The summed E-state index contributed by atoms with van der Waals surface area (Å²) in [6, 6.07) is 4.98. The first-order chi connectivity index (χ1) is 7.99. The van der Waals surface area contributed by atoms with E-state index in [1.807, 2.05) is 18.2 Å². The second-order valence-corrected chi connectivity index (χ2v) is 5.03. The van der Waals surface area contributed by atoms with Crippen molar-refractivity contribution in [2.45, 2.75) is 25.9 Å². The Morgan fingerprint density at radius 2 is 2.12 bits per heavy atom. The van der Waals surface area contributed by atoms with Crippen LogP contribution in [0.1, 0.15) is 18.1 Å². The molecule has 0 spiro atoms. The van der Waals surface area contributed by atoms with Crippen LogP contribution in [0.4, 0.5) is 0 Å². The van der Waals surface area contributed by atoms with E-state index in [0.717, 1.165) is 15.6 Å². The summed E-state index contributed by atoms with van der Waals surface area (Å²) in [5.41, 5.74) is 2.00. The molecule has 17 heavy (non-hydrogen) atoms. The number of carbonyl (C=O) groups is 2. The van der Waals surface area contributed by atoms with E-state index in [-0.39, 0.29) is 5.91 Å². The number of halogens is 1. The van der Waals surface area contributed by atoms with Gasteiger partial charge in [0.2, 0.25) is 5.91 Å². The maximum Gasteiger partial charge on any atom is 0.326 e. The highest BCUT2D eigenvalue weighted by molar-refractivity contribution is 9.10. The van der Waals surface area contributed by atoms with Crippen molar-refractivity contribution >= 4 is 27.8 Å². The Morgan fingerprint density at radius 1 is 1.41 bits per heavy atom. The van der Waals surface area contributed by atoms with E-state index in [0.29, 0.717) is 13.0 Å². The van der Waals surface area contributed by atoms with E-state index in [9.17, 15) is 9.59 Å². The van der Waals surface area contributed by atoms with Gasteiger partial charge in [0, 0.05) is 24.4 Å². The fourth-order valence-corrected chi connectivity index (χ4v) is 2.51. The number of hydrogen-bond donors (Lipinski definition) is 1. The third kappa shape index (κ3) is 2.34. The van der Waals surface area contributed by atoms with Crippen LogP contribution in [-0.4, -0.2) is 27.9 Å². The molecule has 1 aromatic rings. The second-order valence-electron chi connectivity index (χ2n) is 4.12. The number of carboxylic acid groups (broad SMARTS) is 1. The van der Waals surface area contributed by atoms with Gasteiger partial charge < -0.3 is 10.0 Å². The smallest absolute Gasteiger partial charge is 0.326 e. The van der Waals surface area contributed by atoms with Crippen LogP contribution in [0.3, 0.4) is 0 Å². The fourth-order valence-electron chi connectivity index (χ4n) is 2.10. The van der Waals surface area contributed by atoms with Gasteiger partial charge in [-0.05, 0) is 23.3 Å². The van der Waals surface area contributed by atoms with Crippen LogP contribution < -0.4 is 0 Å². The number of benzene rings is 1. The first kappa shape index (κ1) is 12.1. The summed E-state index contributed by atoms with van der Waals surface area (Å²) in [7, 11) is 0. The summed E-state index contributed by atoms with van der Waals surface area (Å²) in [5, 5.41) is 9.13. The normalized spacial score (nSPS) is 18.7. The molecule has 0 aliphatic carbocycles. The van der Waals surface area contributed by atoms with Crippen molar-refractivity contribution in [1.82, 2.24) is 4.90 Å². The van der Waals surface area contributed by atoms with Crippen LogP contribution in [-0.2, 0) is 22.6 Å². The van der Waals surface area contributed by atoms with Crippen molar-refractivity contribution in [3.8, 4) is 0 Å². The Bertz CT molecular complexity index is 487. The molecule has 1 N–H and O–H groups in total. The lowest BCUT2D eigenvalue weighted by Gasteiger charge is -2.33. The quantitative estimate of drug-likeness (QED) is 0.860. The summed E-state index contributed by atoms with van der Waals surface area (Å²) in [5.74, 6) is -1.16. The fraction of sp³-hybridized carbons (Fsp3) is 0.333. The Labute approximate surface area is 107 Å². The van der Waals surface area contributed by atoms with Crippen LogP contribution in [0.5, 0.6) is 0 Å². The van der Waals surface area contributed by atoms with Gasteiger partial charge in [0.05, 0.1) is 0 Å². The molecule has 1 unspecified atom stereocenters. The number of amides is 1. The first-order valence-corrected chi connectivity index (χ1v) is 6.05. The number of nitrogens with zero attached hydrogens (tertiary/aromatic N) is 1. The predicted octanol–water partition coefficient (Wildman–Crippen LogP) is 1.81. The largest absolute Gasteiger partial charge is 0.480 e. The van der Waals surface area contributed by atoms with E-state index >= 15 is 0 Å². The van der Waals surface area contributed by atoms with Crippen molar-refractivity contribution < 1.29 is 14.7 Å². The number of aliphatic carboxylic acids is 1. The van der Waals surface area contributed by atoms with Crippen LogP contribution in [0.25, 0.3) is 0 Å². The van der Waals surface area contributed by atoms with Gasteiger partial charge in [-0.3, -0.25) is 4.79 Å². The summed E-state index contributed by atoms with van der Waals surface area (Å²) in [6.07, 6.45) is 0.373. The molecular formula is C12H12BrNO3. The van der Waals surface area contributed by atoms with Crippen molar-refractivity contribution in [3.63, 3.8) is 0 Å². The summed E-state index contributed by atoms with van der Waals surface area (Å²) in [4.78, 5) is 24.0. The zero-order valence-electron chi connectivity index (χ0n) is 9.31. The minimum absolute atomic E-state index is 0.206. The van der Waals surface area contributed by atoms with Gasteiger partial charge in [0.25, 0.3) is 0 Å². The van der Waals surface area contributed by atoms with Crippen LogP contribution in [0.2, 0.25) is 0 Å². The molecule has 0 saturated heterocycles. The summed E-state index contributed by atoms with van der Waals surface area (Å²) >= 11 is 3.37. The average molecular weight is 298 g/mol. The van der Waals surface area contributed by atoms with E-state index in [1.165, 1.54) is 11.8 Å². The Morgan fingerprint density at radius 3 is 2.71 bits per heavy atom. The first-order valence-electron chi connectivity index (χ1n) is 5.26. The van der Waals surface area contributed by atoms with Crippen LogP contribution >= 0.6 is 15.9 Å². The molecule has 0 aromatic heterocycles. The summed E-state index contributed by atoms with van der Waals surface area (Å²) in [6.45, 7) is 1.76. The molecule has 4 nitrogen and oxygen atoms in total. The van der Waals surface area contributed by atoms with Crippen molar-refractivity contribution in [2.24, 2.45) is 0 Å². The SMILES string of the molecule is CC(=O)N1Cc2cc(Br)ccc2CC1C(=O)O. The maximum absolute atomic E-state index is 11.5. The highest BCUT2D eigenvalue weighted by Crippen LogP contribution is 2.26. The summed E-state index contributed by atoms with van der Waals surface area (Å²) < 4.78 is 0.938. The third-order valence-corrected chi connectivity index (χ3v) is 3.48. The minimum Gasteiger partial charge on any atom is -0.480 e.